The molecule has 20 heavy (non-hydrogen) atoms. The lowest BCUT2D eigenvalue weighted by atomic mass is 10.3. The number of benzene rings is 1. The number of amides is 1. The van der Waals surface area contributed by atoms with E-state index in [0.717, 1.165) is 10.6 Å². The Morgan fingerprint density at radius 1 is 1.30 bits per heavy atom. The van der Waals surface area contributed by atoms with Gasteiger partial charge in [-0.25, -0.2) is 0 Å². The van der Waals surface area contributed by atoms with Crippen LogP contribution in [0, 0.1) is 0 Å². The maximum atomic E-state index is 12.0. The molecule has 0 heterocycles. The molecule has 0 saturated heterocycles. The Hall–Kier alpha value is -1.53. The molecule has 1 aromatic carbocycles. The maximum absolute atomic E-state index is 12.0. The number of para-hydroxylation sites is 1. The van der Waals surface area contributed by atoms with Crippen LogP contribution in [0.15, 0.2) is 29.2 Å². The zero-order valence-electron chi connectivity index (χ0n) is 12.0. The summed E-state index contributed by atoms with van der Waals surface area (Å²) in [7, 11) is 1.34. The number of hydrogen-bond donors (Lipinski definition) is 1. The molecular formula is C14H20N2O3S. The molecular weight excluding hydrogens is 276 g/mol. The molecule has 1 amide bonds. The molecule has 1 rings (SSSR count). The van der Waals surface area contributed by atoms with Crippen molar-refractivity contribution >= 4 is 29.3 Å². The minimum absolute atomic E-state index is 0.116. The van der Waals surface area contributed by atoms with Crippen LogP contribution in [0.2, 0.25) is 0 Å². The fourth-order valence-corrected chi connectivity index (χ4v) is 2.22. The van der Waals surface area contributed by atoms with Gasteiger partial charge in [0.1, 0.15) is 0 Å². The maximum Gasteiger partial charge on any atom is 0.319 e. The molecule has 0 spiro atoms. The normalized spacial score (nSPS) is 10.4. The molecule has 0 aliphatic heterocycles. The molecule has 0 atom stereocenters. The van der Waals surface area contributed by atoms with Gasteiger partial charge in [0.2, 0.25) is 5.91 Å². The molecule has 0 fully saturated rings. The van der Waals surface area contributed by atoms with Crippen LogP contribution in [0.5, 0.6) is 0 Å². The van der Waals surface area contributed by atoms with E-state index in [4.69, 9.17) is 0 Å². The fourth-order valence-electron chi connectivity index (χ4n) is 1.67. The van der Waals surface area contributed by atoms with Gasteiger partial charge >= 0.3 is 5.97 Å². The van der Waals surface area contributed by atoms with Gasteiger partial charge in [0.25, 0.3) is 0 Å². The number of nitrogens with one attached hydrogen (secondary N) is 1. The Bertz CT molecular complexity index is 465. The van der Waals surface area contributed by atoms with Gasteiger partial charge in [-0.15, -0.1) is 11.8 Å². The molecule has 0 radical (unpaired) electrons. The highest BCUT2D eigenvalue weighted by molar-refractivity contribution is 7.98. The van der Waals surface area contributed by atoms with Gasteiger partial charge in [-0.05, 0) is 24.9 Å². The zero-order chi connectivity index (χ0) is 15.0. The van der Waals surface area contributed by atoms with E-state index in [-0.39, 0.29) is 25.0 Å². The molecule has 5 nitrogen and oxygen atoms in total. The van der Waals surface area contributed by atoms with E-state index >= 15 is 0 Å². The summed E-state index contributed by atoms with van der Waals surface area (Å²) in [6.45, 7) is 2.78. The Labute approximate surface area is 123 Å². The lowest BCUT2D eigenvalue weighted by molar-refractivity contribution is -0.142. The SMILES string of the molecule is CCN(CC(=O)Nc1ccccc1SC)CC(=O)OC. The van der Waals surface area contributed by atoms with Crippen LogP contribution in [-0.2, 0) is 14.3 Å². The van der Waals surface area contributed by atoms with E-state index in [9.17, 15) is 9.59 Å². The number of anilines is 1. The van der Waals surface area contributed by atoms with E-state index in [0.29, 0.717) is 6.54 Å². The molecule has 0 saturated carbocycles. The summed E-state index contributed by atoms with van der Waals surface area (Å²) in [4.78, 5) is 26.0. The van der Waals surface area contributed by atoms with E-state index < -0.39 is 0 Å². The molecule has 110 valence electrons. The second-order valence-corrected chi connectivity index (χ2v) is 4.98. The molecule has 0 unspecified atom stereocenters. The Morgan fingerprint density at radius 3 is 2.60 bits per heavy atom. The summed E-state index contributed by atoms with van der Waals surface area (Å²) in [6, 6.07) is 7.62. The lowest BCUT2D eigenvalue weighted by Gasteiger charge is -2.18. The van der Waals surface area contributed by atoms with E-state index in [1.165, 1.54) is 7.11 Å². The number of likely N-dealkylation sites (N-methyl/N-ethyl adjacent to an activating group) is 1. The van der Waals surface area contributed by atoms with Gasteiger partial charge < -0.3 is 10.1 Å². The van der Waals surface area contributed by atoms with Gasteiger partial charge in [-0.1, -0.05) is 19.1 Å². The van der Waals surface area contributed by atoms with Gasteiger partial charge in [0, 0.05) is 4.90 Å². The largest absolute Gasteiger partial charge is 0.468 e. The summed E-state index contributed by atoms with van der Waals surface area (Å²) in [5.74, 6) is -0.485. The van der Waals surface area contributed by atoms with Crippen LogP contribution >= 0.6 is 11.8 Å². The first kappa shape index (κ1) is 16.5. The van der Waals surface area contributed by atoms with Crippen molar-refractivity contribution in [3.8, 4) is 0 Å². The summed E-state index contributed by atoms with van der Waals surface area (Å²) in [6.07, 6.45) is 1.96. The number of rotatable bonds is 7. The number of hydrogen-bond acceptors (Lipinski definition) is 5. The Kier molecular flexibility index (Phi) is 7.11. The molecule has 6 heteroatoms. The van der Waals surface area contributed by atoms with Gasteiger partial charge in [-0.2, -0.15) is 0 Å². The quantitative estimate of drug-likeness (QED) is 0.614. The highest BCUT2D eigenvalue weighted by atomic mass is 32.2. The van der Waals surface area contributed by atoms with Gasteiger partial charge in [-0.3, -0.25) is 14.5 Å². The number of thioether (sulfide) groups is 1. The highest BCUT2D eigenvalue weighted by Gasteiger charge is 2.14. The summed E-state index contributed by atoms with van der Waals surface area (Å²) in [5, 5.41) is 2.86. The van der Waals surface area contributed by atoms with Crippen LogP contribution in [-0.4, -0.2) is 49.8 Å². The van der Waals surface area contributed by atoms with Crippen molar-refractivity contribution in [3.05, 3.63) is 24.3 Å². The summed E-state index contributed by atoms with van der Waals surface area (Å²) in [5.41, 5.74) is 0.791. The topological polar surface area (TPSA) is 58.6 Å². The number of methoxy groups -OCH3 is 1. The second kappa shape index (κ2) is 8.60. The van der Waals surface area contributed by atoms with Crippen molar-refractivity contribution in [2.75, 3.05) is 38.3 Å². The first-order chi connectivity index (χ1) is 9.60. The number of nitrogens with zero attached hydrogens (tertiary/aromatic N) is 1. The molecule has 1 aromatic rings. The Balaban J connectivity index is 2.59. The van der Waals surface area contributed by atoms with Crippen molar-refractivity contribution in [1.82, 2.24) is 4.90 Å². The molecule has 0 aliphatic rings. The third-order valence-electron chi connectivity index (χ3n) is 2.78. The number of ether oxygens (including phenoxy) is 1. The number of carbonyl (C=O) groups excluding carboxylic acids is 2. The van der Waals surface area contributed by atoms with Crippen LogP contribution in [0.1, 0.15) is 6.92 Å². The van der Waals surface area contributed by atoms with Crippen LogP contribution in [0.25, 0.3) is 0 Å². The minimum atomic E-state index is -0.343. The van der Waals surface area contributed by atoms with Crippen molar-refractivity contribution in [2.45, 2.75) is 11.8 Å². The van der Waals surface area contributed by atoms with Gasteiger partial charge in [0.05, 0.1) is 25.9 Å². The highest BCUT2D eigenvalue weighted by Crippen LogP contribution is 2.24. The number of carbonyl (C=O) groups is 2. The average molecular weight is 296 g/mol. The third kappa shape index (κ3) is 5.22. The molecule has 0 aliphatic carbocycles. The molecule has 0 aromatic heterocycles. The Morgan fingerprint density at radius 2 is 2.00 bits per heavy atom. The first-order valence-electron chi connectivity index (χ1n) is 6.32. The van der Waals surface area contributed by atoms with Crippen LogP contribution in [0.4, 0.5) is 5.69 Å². The van der Waals surface area contributed by atoms with Crippen LogP contribution < -0.4 is 5.32 Å². The smallest absolute Gasteiger partial charge is 0.319 e. The van der Waals surface area contributed by atoms with Crippen molar-refractivity contribution < 1.29 is 14.3 Å². The standard InChI is InChI=1S/C14H20N2O3S/c1-4-16(10-14(18)19-2)9-13(17)15-11-7-5-6-8-12(11)20-3/h5-8H,4,9-10H2,1-3H3,(H,15,17). The predicted octanol–water partition coefficient (Wildman–Crippen LogP) is 1.84. The third-order valence-corrected chi connectivity index (χ3v) is 3.57. The van der Waals surface area contributed by atoms with E-state index in [2.05, 4.69) is 10.1 Å². The van der Waals surface area contributed by atoms with Crippen molar-refractivity contribution in [3.63, 3.8) is 0 Å². The monoisotopic (exact) mass is 296 g/mol. The zero-order valence-corrected chi connectivity index (χ0v) is 12.8. The molecule has 0 bridgehead atoms. The van der Waals surface area contributed by atoms with Crippen molar-refractivity contribution in [1.29, 1.82) is 0 Å². The lowest BCUT2D eigenvalue weighted by Crippen LogP contribution is -2.37. The summed E-state index contributed by atoms with van der Waals surface area (Å²) < 4.78 is 4.60. The van der Waals surface area contributed by atoms with Crippen LogP contribution in [0.3, 0.4) is 0 Å². The predicted molar refractivity (Wildman–Crippen MR) is 81.0 cm³/mol. The van der Waals surface area contributed by atoms with Crippen molar-refractivity contribution in [2.24, 2.45) is 0 Å². The minimum Gasteiger partial charge on any atom is -0.468 e. The summed E-state index contributed by atoms with van der Waals surface area (Å²) >= 11 is 1.57. The second-order valence-electron chi connectivity index (χ2n) is 4.13. The van der Waals surface area contributed by atoms with E-state index in [1.807, 2.05) is 37.4 Å². The number of esters is 1. The molecule has 1 N–H and O–H groups in total. The van der Waals surface area contributed by atoms with Gasteiger partial charge in [0.15, 0.2) is 0 Å². The average Bonchev–Trinajstić information content (AvgIpc) is 2.46. The fraction of sp³-hybridized carbons (Fsp3) is 0.429. The van der Waals surface area contributed by atoms with E-state index in [1.54, 1.807) is 16.7 Å². The first-order valence-corrected chi connectivity index (χ1v) is 7.55.